The smallest absolute Gasteiger partial charge is 0.210 e. The maximum Gasteiger partial charge on any atom is 0.423 e. The molecule has 0 radical (unpaired) electrons. The zero-order chi connectivity index (χ0) is 16.7. The predicted molar refractivity (Wildman–Crippen MR) is 35.8 cm³/mol. The molecule has 0 rings (SSSR count). The van der Waals surface area contributed by atoms with E-state index in [0.717, 1.165) is 0 Å². The van der Waals surface area contributed by atoms with Crippen molar-refractivity contribution < 1.29 is 57.1 Å². The Kier molecular flexibility index (Phi) is 4.69. The molecule has 0 aromatic heterocycles. The highest BCUT2D eigenvalue weighted by atomic mass is 19.4. The highest BCUT2D eigenvalue weighted by Gasteiger charge is 2.64. The first-order chi connectivity index (χ1) is 8.40. The van der Waals surface area contributed by atoms with Crippen molar-refractivity contribution in [3.63, 3.8) is 0 Å². The van der Waals surface area contributed by atoms with E-state index >= 15 is 0 Å². The molecule has 0 saturated heterocycles. The van der Waals surface area contributed by atoms with Crippen LogP contribution in [0.25, 0.3) is 0 Å². The summed E-state index contributed by atoms with van der Waals surface area (Å²) in [5.74, 6) is -9.92. The van der Waals surface area contributed by atoms with E-state index in [1.54, 1.807) is 0 Å². The molecule has 20 heavy (non-hydrogen) atoms. The normalized spacial score (nSPS) is 14.7. The largest absolute Gasteiger partial charge is 0.423 e. The molecule has 0 amide bonds. The van der Waals surface area contributed by atoms with E-state index in [9.17, 15) is 57.1 Å². The molecule has 0 heterocycles. The number of rotatable bonds is 1. The van der Waals surface area contributed by atoms with Crippen molar-refractivity contribution in [2.45, 2.75) is 24.7 Å². The summed E-state index contributed by atoms with van der Waals surface area (Å²) in [6.07, 6.45) is -27.0. The zero-order valence-electron chi connectivity index (χ0n) is 8.49. The SMILES string of the molecule is FC(=C(C(F)(F)F)C(F)(F)F)C(C(F)(F)F)C(F)(F)F. The predicted octanol–water partition coefficient (Wildman–Crippen LogP) is 5.08. The summed E-state index contributed by atoms with van der Waals surface area (Å²) in [5, 5.41) is 0. The number of hydrogen-bond acceptors (Lipinski definition) is 0. The van der Waals surface area contributed by atoms with Crippen LogP contribution in [0, 0.1) is 5.92 Å². The van der Waals surface area contributed by atoms with Crippen LogP contribution < -0.4 is 0 Å². The summed E-state index contributed by atoms with van der Waals surface area (Å²) in [4.78, 5) is 0. The third-order valence-electron chi connectivity index (χ3n) is 1.71. The van der Waals surface area contributed by atoms with Crippen molar-refractivity contribution in [2.24, 2.45) is 5.92 Å². The Labute approximate surface area is 100 Å². The van der Waals surface area contributed by atoms with Gasteiger partial charge in [-0.1, -0.05) is 0 Å². The first kappa shape index (κ1) is 18.8. The van der Waals surface area contributed by atoms with Gasteiger partial charge in [-0.25, -0.2) is 4.39 Å². The average molecular weight is 332 g/mol. The third kappa shape index (κ3) is 4.44. The Morgan fingerprint density at radius 1 is 0.550 bits per heavy atom. The van der Waals surface area contributed by atoms with Crippen LogP contribution in [0.2, 0.25) is 0 Å². The van der Waals surface area contributed by atoms with Crippen molar-refractivity contribution in [1.82, 2.24) is 0 Å². The highest BCUT2D eigenvalue weighted by molar-refractivity contribution is 5.23. The lowest BCUT2D eigenvalue weighted by Crippen LogP contribution is -2.40. The average Bonchev–Trinajstić information content (AvgIpc) is 1.88. The van der Waals surface area contributed by atoms with Gasteiger partial charge >= 0.3 is 24.7 Å². The van der Waals surface area contributed by atoms with E-state index < -0.39 is 42.0 Å². The van der Waals surface area contributed by atoms with Gasteiger partial charge in [-0.05, 0) is 0 Å². The van der Waals surface area contributed by atoms with Crippen LogP contribution in [0.3, 0.4) is 0 Å². The zero-order valence-corrected chi connectivity index (χ0v) is 8.49. The Morgan fingerprint density at radius 3 is 0.950 bits per heavy atom. The van der Waals surface area contributed by atoms with Gasteiger partial charge in [0.1, 0.15) is 5.83 Å². The van der Waals surface area contributed by atoms with Crippen LogP contribution >= 0.6 is 0 Å². The Hall–Kier alpha value is -1.17. The fourth-order valence-electron chi connectivity index (χ4n) is 1.05. The summed E-state index contributed by atoms with van der Waals surface area (Å²) in [5.41, 5.74) is -4.48. The molecular formula is C7HF13. The molecule has 0 bridgehead atoms. The highest BCUT2D eigenvalue weighted by Crippen LogP contribution is 2.50. The second-order valence-corrected chi connectivity index (χ2v) is 3.23. The molecular weight excluding hydrogens is 331 g/mol. The van der Waals surface area contributed by atoms with E-state index in [1.807, 2.05) is 0 Å². The lowest BCUT2D eigenvalue weighted by molar-refractivity contribution is -0.278. The summed E-state index contributed by atoms with van der Waals surface area (Å²) in [6.45, 7) is 0. The lowest BCUT2D eigenvalue weighted by Gasteiger charge is -2.24. The van der Waals surface area contributed by atoms with Gasteiger partial charge in [0.25, 0.3) is 0 Å². The molecule has 120 valence electrons. The maximum absolute atomic E-state index is 12.7. The second-order valence-electron chi connectivity index (χ2n) is 3.23. The van der Waals surface area contributed by atoms with E-state index in [4.69, 9.17) is 0 Å². The van der Waals surface area contributed by atoms with Gasteiger partial charge in [-0.3, -0.25) is 0 Å². The topological polar surface area (TPSA) is 0 Å². The fraction of sp³-hybridized carbons (Fsp3) is 0.714. The van der Waals surface area contributed by atoms with Gasteiger partial charge in [0, 0.05) is 0 Å². The van der Waals surface area contributed by atoms with E-state index in [-0.39, 0.29) is 0 Å². The van der Waals surface area contributed by atoms with Crippen molar-refractivity contribution in [3.8, 4) is 0 Å². The minimum atomic E-state index is -6.78. The van der Waals surface area contributed by atoms with Gasteiger partial charge in [-0.2, -0.15) is 52.7 Å². The summed E-state index contributed by atoms with van der Waals surface area (Å²) >= 11 is 0. The lowest BCUT2D eigenvalue weighted by atomic mass is 10.0. The van der Waals surface area contributed by atoms with Crippen LogP contribution in [0.4, 0.5) is 57.1 Å². The summed E-state index contributed by atoms with van der Waals surface area (Å²) in [7, 11) is 0. The van der Waals surface area contributed by atoms with Crippen LogP contribution in [0.5, 0.6) is 0 Å². The quantitative estimate of drug-likeness (QED) is 0.588. The maximum atomic E-state index is 12.7. The molecule has 0 aliphatic heterocycles. The fourth-order valence-corrected chi connectivity index (χ4v) is 1.05. The van der Waals surface area contributed by atoms with Crippen molar-refractivity contribution >= 4 is 0 Å². The molecule has 0 fully saturated rings. The molecule has 0 spiro atoms. The minimum absolute atomic E-state index is 4.40. The number of allylic oxidation sites excluding steroid dienone is 2. The molecule has 0 N–H and O–H groups in total. The molecule has 0 aromatic rings. The van der Waals surface area contributed by atoms with Gasteiger partial charge < -0.3 is 0 Å². The molecule has 0 atom stereocenters. The van der Waals surface area contributed by atoms with E-state index in [1.165, 1.54) is 0 Å². The van der Waals surface area contributed by atoms with Crippen LogP contribution in [0.1, 0.15) is 0 Å². The monoisotopic (exact) mass is 332 g/mol. The Bertz CT molecular complexity index is 341. The molecule has 0 unspecified atom stereocenters. The van der Waals surface area contributed by atoms with Gasteiger partial charge in [-0.15, -0.1) is 0 Å². The number of halogens is 13. The first-order valence-corrected chi connectivity index (χ1v) is 4.07. The molecule has 0 nitrogen and oxygen atoms in total. The third-order valence-corrected chi connectivity index (χ3v) is 1.71. The van der Waals surface area contributed by atoms with Crippen molar-refractivity contribution in [2.75, 3.05) is 0 Å². The van der Waals surface area contributed by atoms with Crippen molar-refractivity contribution in [3.05, 3.63) is 11.4 Å². The first-order valence-electron chi connectivity index (χ1n) is 4.07. The minimum Gasteiger partial charge on any atom is -0.210 e. The molecule has 0 aromatic carbocycles. The van der Waals surface area contributed by atoms with Gasteiger partial charge in [0.15, 0.2) is 5.57 Å². The molecule has 13 heteroatoms. The van der Waals surface area contributed by atoms with E-state index in [2.05, 4.69) is 0 Å². The molecule has 0 aliphatic rings. The molecule has 0 aliphatic carbocycles. The summed E-state index contributed by atoms with van der Waals surface area (Å²) in [6, 6.07) is 0. The van der Waals surface area contributed by atoms with E-state index in [0.29, 0.717) is 0 Å². The molecule has 0 saturated carbocycles. The number of hydrogen-bond donors (Lipinski definition) is 0. The van der Waals surface area contributed by atoms with Crippen LogP contribution in [-0.4, -0.2) is 24.7 Å². The second kappa shape index (κ2) is 4.98. The summed E-state index contributed by atoms with van der Waals surface area (Å²) < 4.78 is 155. The van der Waals surface area contributed by atoms with Gasteiger partial charge in [0.2, 0.25) is 5.92 Å². The Balaban J connectivity index is 6.33. The number of alkyl halides is 12. The van der Waals surface area contributed by atoms with Crippen molar-refractivity contribution in [1.29, 1.82) is 0 Å². The van der Waals surface area contributed by atoms with Crippen LogP contribution in [0.15, 0.2) is 11.4 Å². The van der Waals surface area contributed by atoms with Gasteiger partial charge in [0.05, 0.1) is 0 Å². The standard InChI is InChI=1S/C7HF13/c8-1(2(4(9,10)11)5(12,13)14)3(6(15,16)17)7(18,19)20/h2H. The van der Waals surface area contributed by atoms with Crippen LogP contribution in [-0.2, 0) is 0 Å². The Morgan fingerprint density at radius 2 is 0.800 bits per heavy atom.